The molecule has 0 amide bonds. The van der Waals surface area contributed by atoms with Gasteiger partial charge in [0.05, 0.1) is 54.2 Å². The molecule has 5 N–H and O–H groups in total. The van der Waals surface area contributed by atoms with Gasteiger partial charge in [0.15, 0.2) is 0 Å². The molecule has 39 heavy (non-hydrogen) atoms. The third kappa shape index (κ3) is 3.99. The second-order valence-corrected chi connectivity index (χ2v) is 9.46. The van der Waals surface area contributed by atoms with Crippen LogP contribution in [0.4, 0.5) is 20.4 Å². The number of esters is 1. The predicted octanol–water partition coefficient (Wildman–Crippen LogP) is 4.33. The first-order valence-electron chi connectivity index (χ1n) is 12.1. The van der Waals surface area contributed by atoms with Crippen LogP contribution in [-0.2, 0) is 27.4 Å². The fourth-order valence-electron chi connectivity index (χ4n) is 5.34. The van der Waals surface area contributed by atoms with Crippen LogP contribution in [0.25, 0.3) is 21.8 Å². The number of hydrogen-bond acceptors (Lipinski definition) is 9. The quantitative estimate of drug-likeness (QED) is 0.313. The minimum atomic E-state index is -1.41. The van der Waals surface area contributed by atoms with Crippen LogP contribution < -0.4 is 11.5 Å². The van der Waals surface area contributed by atoms with E-state index in [2.05, 4.69) is 9.97 Å². The minimum Gasteiger partial charge on any atom is -0.478 e. The Balaban J connectivity index is 1.23. The van der Waals surface area contributed by atoms with Gasteiger partial charge in [-0.05, 0) is 30.2 Å². The van der Waals surface area contributed by atoms with Crippen molar-refractivity contribution in [3.63, 3.8) is 0 Å². The molecule has 2 aliphatic rings. The Bertz CT molecular complexity index is 1730. The maximum atomic E-state index is 14.8. The maximum Gasteiger partial charge on any atom is 0.341 e. The smallest absolute Gasteiger partial charge is 0.341 e. The van der Waals surface area contributed by atoms with Crippen molar-refractivity contribution in [2.24, 2.45) is 0 Å². The number of rotatable bonds is 5. The van der Waals surface area contributed by atoms with E-state index in [4.69, 9.17) is 25.7 Å². The summed E-state index contributed by atoms with van der Waals surface area (Å²) in [7, 11) is 0. The van der Waals surface area contributed by atoms with Crippen LogP contribution in [-0.4, -0.2) is 33.6 Å². The number of carboxylic acid groups (broad SMARTS) is 1. The largest absolute Gasteiger partial charge is 0.478 e. The first-order valence-corrected chi connectivity index (χ1v) is 12.1. The van der Waals surface area contributed by atoms with E-state index in [-0.39, 0.29) is 55.1 Å². The number of carbonyl (C=O) groups is 2. The lowest BCUT2D eigenvalue weighted by molar-refractivity contribution is 0.0258. The van der Waals surface area contributed by atoms with Crippen LogP contribution in [0.1, 0.15) is 68.5 Å². The van der Waals surface area contributed by atoms with Crippen molar-refractivity contribution >= 4 is 45.4 Å². The number of nitrogens with zero attached hydrogens (tertiary/aromatic N) is 2. The highest BCUT2D eigenvalue weighted by Gasteiger charge is 2.31. The number of nitrogens with two attached hydrogens (primary N) is 2. The molecule has 2 aliphatic heterocycles. The molecular weight excluding hydrogens is 514 g/mol. The van der Waals surface area contributed by atoms with Crippen molar-refractivity contribution in [1.29, 1.82) is 0 Å². The Hall–Kier alpha value is -4.42. The van der Waals surface area contributed by atoms with Gasteiger partial charge in [0, 0.05) is 40.5 Å². The SMILES string of the molecule is C[C@H]1OCc2c1c(N)nc1cc(F)c(C(=O)OCCC3OCc4c3c(N)nc3cc(F)c(C(=O)O)cc43)cc21. The first kappa shape index (κ1) is 24.9. The van der Waals surface area contributed by atoms with Crippen LogP contribution in [0.3, 0.4) is 0 Å². The van der Waals surface area contributed by atoms with Gasteiger partial charge in [-0.15, -0.1) is 0 Å². The fourth-order valence-corrected chi connectivity index (χ4v) is 5.34. The van der Waals surface area contributed by atoms with Gasteiger partial charge in [-0.1, -0.05) is 0 Å². The van der Waals surface area contributed by atoms with Crippen molar-refractivity contribution in [3.05, 3.63) is 69.3 Å². The van der Waals surface area contributed by atoms with E-state index >= 15 is 0 Å². The van der Waals surface area contributed by atoms with Crippen LogP contribution in [0, 0.1) is 11.6 Å². The zero-order valence-electron chi connectivity index (χ0n) is 20.6. The lowest BCUT2D eigenvalue weighted by Gasteiger charge is -2.14. The second-order valence-electron chi connectivity index (χ2n) is 9.46. The normalized spacial score (nSPS) is 17.9. The Morgan fingerprint density at radius 3 is 2.18 bits per heavy atom. The third-order valence-corrected chi connectivity index (χ3v) is 7.20. The van der Waals surface area contributed by atoms with Crippen molar-refractivity contribution in [2.45, 2.75) is 38.8 Å². The molecule has 4 aromatic rings. The van der Waals surface area contributed by atoms with Crippen LogP contribution in [0.2, 0.25) is 0 Å². The number of fused-ring (bicyclic) bond motifs is 6. The summed E-state index contributed by atoms with van der Waals surface area (Å²) in [6.07, 6.45) is -0.698. The average Bonchev–Trinajstić information content (AvgIpc) is 3.48. The molecule has 0 spiro atoms. The number of anilines is 2. The number of pyridine rings is 2. The van der Waals surface area contributed by atoms with Gasteiger partial charge >= 0.3 is 11.9 Å². The summed E-state index contributed by atoms with van der Waals surface area (Å²) in [5.74, 6) is -3.62. The highest BCUT2D eigenvalue weighted by atomic mass is 19.1. The number of aromatic carboxylic acids is 1. The molecule has 200 valence electrons. The van der Waals surface area contributed by atoms with Crippen LogP contribution >= 0.6 is 0 Å². The van der Waals surface area contributed by atoms with E-state index < -0.39 is 35.2 Å². The lowest BCUT2D eigenvalue weighted by Crippen LogP contribution is -2.12. The molecule has 10 nitrogen and oxygen atoms in total. The summed E-state index contributed by atoms with van der Waals surface area (Å²) in [4.78, 5) is 32.7. The highest BCUT2D eigenvalue weighted by Crippen LogP contribution is 2.41. The zero-order chi connectivity index (χ0) is 27.6. The number of ether oxygens (including phenoxy) is 3. The summed E-state index contributed by atoms with van der Waals surface area (Å²) in [6, 6.07) is 4.77. The number of halogens is 2. The summed E-state index contributed by atoms with van der Waals surface area (Å²) in [6.45, 7) is 2.07. The summed E-state index contributed by atoms with van der Waals surface area (Å²) < 4.78 is 45.8. The molecular formula is C27H22F2N4O6. The molecule has 0 radical (unpaired) electrons. The zero-order valence-corrected chi connectivity index (χ0v) is 20.6. The van der Waals surface area contributed by atoms with Crippen molar-refractivity contribution in [2.75, 3.05) is 18.1 Å². The fraction of sp³-hybridized carbons (Fsp3) is 0.259. The van der Waals surface area contributed by atoms with Crippen LogP contribution in [0.15, 0.2) is 24.3 Å². The molecule has 0 fully saturated rings. The van der Waals surface area contributed by atoms with E-state index in [9.17, 15) is 23.5 Å². The number of nitrogen functional groups attached to an aromatic ring is 2. The molecule has 2 aromatic heterocycles. The van der Waals surface area contributed by atoms with Crippen LogP contribution in [0.5, 0.6) is 0 Å². The Morgan fingerprint density at radius 1 is 0.949 bits per heavy atom. The van der Waals surface area contributed by atoms with Gasteiger partial charge in [0.2, 0.25) is 0 Å². The van der Waals surface area contributed by atoms with Gasteiger partial charge < -0.3 is 30.8 Å². The second kappa shape index (κ2) is 9.10. The molecule has 0 bridgehead atoms. The van der Waals surface area contributed by atoms with E-state index in [1.54, 1.807) is 0 Å². The van der Waals surface area contributed by atoms with Gasteiger partial charge in [0.1, 0.15) is 23.3 Å². The van der Waals surface area contributed by atoms with Gasteiger partial charge in [0.25, 0.3) is 0 Å². The number of carbonyl (C=O) groups excluding carboxylic acids is 1. The summed E-state index contributed by atoms with van der Waals surface area (Å²) >= 11 is 0. The van der Waals surface area contributed by atoms with Gasteiger partial charge in [-0.2, -0.15) is 0 Å². The molecule has 6 rings (SSSR count). The average molecular weight is 536 g/mol. The molecule has 2 aromatic carbocycles. The monoisotopic (exact) mass is 536 g/mol. The molecule has 0 saturated heterocycles. The Labute approximate surface area is 219 Å². The number of hydrogen-bond donors (Lipinski definition) is 3. The number of aromatic nitrogens is 2. The molecule has 0 aliphatic carbocycles. The first-order chi connectivity index (χ1) is 18.6. The molecule has 0 saturated carbocycles. The van der Waals surface area contributed by atoms with Crippen molar-refractivity contribution in [3.8, 4) is 0 Å². The number of benzene rings is 2. The van der Waals surface area contributed by atoms with Crippen molar-refractivity contribution < 1.29 is 37.7 Å². The third-order valence-electron chi connectivity index (χ3n) is 7.20. The summed E-state index contributed by atoms with van der Waals surface area (Å²) in [5, 5.41) is 10.3. The Kier molecular flexibility index (Phi) is 5.81. The topological polar surface area (TPSA) is 160 Å². The molecule has 1 unspecified atom stereocenters. The van der Waals surface area contributed by atoms with E-state index in [1.165, 1.54) is 12.1 Å². The van der Waals surface area contributed by atoms with E-state index in [1.807, 2.05) is 6.92 Å². The van der Waals surface area contributed by atoms with Gasteiger partial charge in [-0.25, -0.2) is 28.3 Å². The lowest BCUT2D eigenvalue weighted by atomic mass is 9.98. The minimum absolute atomic E-state index is 0.0862. The van der Waals surface area contributed by atoms with Crippen molar-refractivity contribution in [1.82, 2.24) is 9.97 Å². The Morgan fingerprint density at radius 2 is 1.51 bits per heavy atom. The predicted molar refractivity (Wildman–Crippen MR) is 135 cm³/mol. The maximum absolute atomic E-state index is 14.8. The molecule has 12 heteroatoms. The molecule has 2 atom stereocenters. The standard InChI is InChI=1S/C27H22F2N4O6/c1-10-22-15(8-38-10)12-5-14(18(29)7-20(12)32-24(22)30)27(36)37-3-2-21-23-16(9-39-21)11-4-13(26(34)35)17(28)6-19(11)33-25(23)31/h4-7,10,21H,2-3,8-9H2,1H3,(H2,30,32)(H2,31,33)(H,34,35)/t10-,21?/m1/s1. The molecule has 4 heterocycles. The van der Waals surface area contributed by atoms with Gasteiger partial charge in [-0.3, -0.25) is 0 Å². The highest BCUT2D eigenvalue weighted by molar-refractivity contribution is 5.97. The van der Waals surface area contributed by atoms with E-state index in [0.717, 1.165) is 23.3 Å². The van der Waals surface area contributed by atoms with E-state index in [0.29, 0.717) is 27.4 Å². The number of carboxylic acids is 1. The summed E-state index contributed by atoms with van der Waals surface area (Å²) in [5.41, 5.74) is 14.5.